The number of hydrogen-bond donors (Lipinski definition) is 1. The highest BCUT2D eigenvalue weighted by Gasteiger charge is 2.15. The predicted octanol–water partition coefficient (Wildman–Crippen LogP) is 2.01. The van der Waals surface area contributed by atoms with Crippen molar-refractivity contribution in [1.29, 1.82) is 0 Å². The normalized spacial score (nSPS) is 16.6. The summed E-state index contributed by atoms with van der Waals surface area (Å²) in [4.78, 5) is 12.5. The fourth-order valence-electron chi connectivity index (χ4n) is 1.99. The standard InChI is InChI=1S/C12H20N4S/c1-3-13-12(16-6-4-5-7-16)15-9-11-8-14-10(2)17-11/h8H,3-7,9H2,1-2H3,(H,13,15). The number of likely N-dealkylation sites (tertiary alicyclic amines) is 1. The van der Waals surface area contributed by atoms with E-state index >= 15 is 0 Å². The van der Waals surface area contributed by atoms with Gasteiger partial charge >= 0.3 is 0 Å². The highest BCUT2D eigenvalue weighted by atomic mass is 32.1. The van der Waals surface area contributed by atoms with Crippen molar-refractivity contribution >= 4 is 17.3 Å². The van der Waals surface area contributed by atoms with Gasteiger partial charge in [-0.05, 0) is 26.7 Å². The Morgan fingerprint density at radius 2 is 2.29 bits per heavy atom. The number of guanidine groups is 1. The highest BCUT2D eigenvalue weighted by Crippen LogP contribution is 2.13. The topological polar surface area (TPSA) is 40.5 Å². The van der Waals surface area contributed by atoms with Gasteiger partial charge in [0.05, 0.1) is 11.6 Å². The zero-order valence-electron chi connectivity index (χ0n) is 10.6. The van der Waals surface area contributed by atoms with Crippen molar-refractivity contribution in [2.45, 2.75) is 33.2 Å². The van der Waals surface area contributed by atoms with E-state index in [1.54, 1.807) is 11.3 Å². The molecule has 4 nitrogen and oxygen atoms in total. The van der Waals surface area contributed by atoms with Crippen LogP contribution in [-0.4, -0.2) is 35.5 Å². The molecular formula is C12H20N4S. The molecule has 1 aliphatic rings. The Morgan fingerprint density at radius 3 is 2.88 bits per heavy atom. The molecule has 0 saturated carbocycles. The molecule has 0 amide bonds. The minimum Gasteiger partial charge on any atom is -0.357 e. The van der Waals surface area contributed by atoms with Gasteiger partial charge < -0.3 is 10.2 Å². The van der Waals surface area contributed by atoms with Gasteiger partial charge in [-0.15, -0.1) is 11.3 Å². The first-order valence-corrected chi connectivity index (χ1v) is 7.06. The summed E-state index contributed by atoms with van der Waals surface area (Å²) < 4.78 is 0. The van der Waals surface area contributed by atoms with Crippen LogP contribution in [-0.2, 0) is 6.54 Å². The smallest absolute Gasteiger partial charge is 0.194 e. The minimum absolute atomic E-state index is 0.740. The molecule has 1 saturated heterocycles. The summed E-state index contributed by atoms with van der Waals surface area (Å²) in [6.07, 6.45) is 4.49. The number of nitrogens with zero attached hydrogens (tertiary/aromatic N) is 3. The van der Waals surface area contributed by atoms with Crippen molar-refractivity contribution in [1.82, 2.24) is 15.2 Å². The summed E-state index contributed by atoms with van der Waals surface area (Å²) in [5, 5.41) is 4.47. The molecule has 1 aliphatic heterocycles. The lowest BCUT2D eigenvalue weighted by molar-refractivity contribution is 0.494. The van der Waals surface area contributed by atoms with E-state index in [9.17, 15) is 0 Å². The number of nitrogens with one attached hydrogen (secondary N) is 1. The summed E-state index contributed by atoms with van der Waals surface area (Å²) in [5.74, 6) is 1.05. The number of aryl methyl sites for hydroxylation is 1. The molecule has 0 unspecified atom stereocenters. The fourth-order valence-corrected chi connectivity index (χ4v) is 2.71. The van der Waals surface area contributed by atoms with Crippen molar-refractivity contribution in [2.24, 2.45) is 4.99 Å². The molecule has 0 bridgehead atoms. The summed E-state index contributed by atoms with van der Waals surface area (Å²) in [6.45, 7) is 8.08. The van der Waals surface area contributed by atoms with E-state index in [-0.39, 0.29) is 0 Å². The Labute approximate surface area is 107 Å². The Kier molecular flexibility index (Phi) is 4.36. The zero-order chi connectivity index (χ0) is 12.1. The van der Waals surface area contributed by atoms with Crippen LogP contribution in [0.1, 0.15) is 29.7 Å². The second kappa shape index (κ2) is 6.00. The maximum atomic E-state index is 4.68. The van der Waals surface area contributed by atoms with Crippen LogP contribution < -0.4 is 5.32 Å². The SMILES string of the molecule is CCNC(=NCc1cnc(C)s1)N1CCCC1. The summed E-state index contributed by atoms with van der Waals surface area (Å²) >= 11 is 1.73. The molecule has 1 fully saturated rings. The monoisotopic (exact) mass is 252 g/mol. The molecule has 17 heavy (non-hydrogen) atoms. The van der Waals surface area contributed by atoms with Gasteiger partial charge in [0.2, 0.25) is 0 Å². The summed E-state index contributed by atoms with van der Waals surface area (Å²) in [6, 6.07) is 0. The number of rotatable bonds is 3. The van der Waals surface area contributed by atoms with Gasteiger partial charge in [0.25, 0.3) is 0 Å². The van der Waals surface area contributed by atoms with Gasteiger partial charge in [-0.2, -0.15) is 0 Å². The second-order valence-corrected chi connectivity index (χ2v) is 5.53. The molecule has 94 valence electrons. The first kappa shape index (κ1) is 12.4. The first-order valence-electron chi connectivity index (χ1n) is 6.24. The molecule has 0 spiro atoms. The van der Waals surface area contributed by atoms with Crippen molar-refractivity contribution in [3.8, 4) is 0 Å². The molecular weight excluding hydrogens is 232 g/mol. The Bertz CT molecular complexity index is 380. The van der Waals surface area contributed by atoms with E-state index in [1.165, 1.54) is 17.7 Å². The quantitative estimate of drug-likeness (QED) is 0.661. The van der Waals surface area contributed by atoms with Crippen molar-refractivity contribution in [3.63, 3.8) is 0 Å². The van der Waals surface area contributed by atoms with Crippen LogP contribution in [0.5, 0.6) is 0 Å². The number of hydrogen-bond acceptors (Lipinski definition) is 3. The van der Waals surface area contributed by atoms with Gasteiger partial charge in [0, 0.05) is 30.7 Å². The average molecular weight is 252 g/mol. The van der Waals surface area contributed by atoms with Gasteiger partial charge in [-0.25, -0.2) is 9.98 Å². The lowest BCUT2D eigenvalue weighted by Gasteiger charge is -2.20. The van der Waals surface area contributed by atoms with Crippen LogP contribution in [0, 0.1) is 6.92 Å². The van der Waals surface area contributed by atoms with Crippen molar-refractivity contribution in [2.75, 3.05) is 19.6 Å². The molecule has 1 N–H and O–H groups in total. The number of thiazole rings is 1. The molecule has 5 heteroatoms. The molecule has 0 atom stereocenters. The van der Waals surface area contributed by atoms with Gasteiger partial charge in [-0.1, -0.05) is 0 Å². The van der Waals surface area contributed by atoms with Crippen LogP contribution in [0.3, 0.4) is 0 Å². The number of aliphatic imine (C=N–C) groups is 1. The minimum atomic E-state index is 0.740. The van der Waals surface area contributed by atoms with E-state index in [2.05, 4.69) is 27.1 Å². The van der Waals surface area contributed by atoms with Crippen LogP contribution in [0.25, 0.3) is 0 Å². The lowest BCUT2D eigenvalue weighted by Crippen LogP contribution is -2.39. The van der Waals surface area contributed by atoms with E-state index in [0.717, 1.165) is 37.1 Å². The fraction of sp³-hybridized carbons (Fsp3) is 0.667. The zero-order valence-corrected chi connectivity index (χ0v) is 11.4. The maximum absolute atomic E-state index is 4.68. The highest BCUT2D eigenvalue weighted by molar-refractivity contribution is 7.11. The molecule has 0 aromatic carbocycles. The van der Waals surface area contributed by atoms with Gasteiger partial charge in [0.1, 0.15) is 0 Å². The third kappa shape index (κ3) is 3.43. The van der Waals surface area contributed by atoms with E-state index in [1.807, 2.05) is 13.1 Å². The van der Waals surface area contributed by atoms with Gasteiger partial charge in [0.15, 0.2) is 5.96 Å². The molecule has 0 aliphatic carbocycles. The maximum Gasteiger partial charge on any atom is 0.194 e. The second-order valence-electron chi connectivity index (χ2n) is 4.21. The van der Waals surface area contributed by atoms with Crippen LogP contribution in [0.2, 0.25) is 0 Å². The average Bonchev–Trinajstić information content (AvgIpc) is 2.95. The van der Waals surface area contributed by atoms with Crippen molar-refractivity contribution < 1.29 is 0 Å². The largest absolute Gasteiger partial charge is 0.357 e. The Balaban J connectivity index is 1.99. The van der Waals surface area contributed by atoms with E-state index in [0.29, 0.717) is 0 Å². The van der Waals surface area contributed by atoms with E-state index in [4.69, 9.17) is 0 Å². The molecule has 2 heterocycles. The van der Waals surface area contributed by atoms with Crippen LogP contribution >= 0.6 is 11.3 Å². The molecule has 1 aromatic heterocycles. The molecule has 0 radical (unpaired) electrons. The van der Waals surface area contributed by atoms with Gasteiger partial charge in [-0.3, -0.25) is 0 Å². The predicted molar refractivity (Wildman–Crippen MR) is 72.5 cm³/mol. The van der Waals surface area contributed by atoms with E-state index < -0.39 is 0 Å². The summed E-state index contributed by atoms with van der Waals surface area (Å²) in [5.41, 5.74) is 0. The van der Waals surface area contributed by atoms with Crippen molar-refractivity contribution in [3.05, 3.63) is 16.1 Å². The first-order chi connectivity index (χ1) is 8.29. The molecule has 1 aromatic rings. The van der Waals surface area contributed by atoms with Crippen LogP contribution in [0.15, 0.2) is 11.2 Å². The third-order valence-corrected chi connectivity index (χ3v) is 3.69. The number of aromatic nitrogens is 1. The van der Waals surface area contributed by atoms with Crippen LogP contribution in [0.4, 0.5) is 0 Å². The Hall–Kier alpha value is -1.10. The molecule has 2 rings (SSSR count). The Morgan fingerprint density at radius 1 is 1.53 bits per heavy atom. The lowest BCUT2D eigenvalue weighted by atomic mass is 10.4. The third-order valence-electron chi connectivity index (χ3n) is 2.79. The summed E-state index contributed by atoms with van der Waals surface area (Å²) in [7, 11) is 0.